The first-order chi connectivity index (χ1) is 15.2. The highest BCUT2D eigenvalue weighted by Crippen LogP contribution is 2.30. The summed E-state index contributed by atoms with van der Waals surface area (Å²) in [4.78, 5) is 20.8. The summed E-state index contributed by atoms with van der Waals surface area (Å²) in [5.41, 5.74) is 9.86. The number of aromatic nitrogens is 2. The third kappa shape index (κ3) is 4.53. The predicted molar refractivity (Wildman–Crippen MR) is 121 cm³/mol. The number of amides is 1. The number of ether oxygens (including phenoxy) is 1. The van der Waals surface area contributed by atoms with E-state index in [1.54, 1.807) is 7.11 Å². The molecular formula is C25H22N4O2. The Bertz CT molecular complexity index is 1180. The van der Waals surface area contributed by atoms with Crippen molar-refractivity contribution in [2.75, 3.05) is 12.4 Å². The monoisotopic (exact) mass is 410 g/mol. The van der Waals surface area contributed by atoms with Crippen molar-refractivity contribution in [3.63, 3.8) is 0 Å². The molecule has 3 N–H and O–H groups in total. The standard InChI is InChI=1S/C25H22N4O2/c1-31-22-10-6-5-9-20(22)21-15-23(28-16-27-21)29-19-13-11-18(12-14-19)24(25(26)30)17-7-3-2-4-8-17/h2-16,24H,1H3,(H2,26,30)(H,27,28,29). The van der Waals surface area contributed by atoms with Gasteiger partial charge in [0.15, 0.2) is 0 Å². The van der Waals surface area contributed by atoms with E-state index in [0.29, 0.717) is 5.82 Å². The minimum atomic E-state index is -0.494. The molecule has 0 aliphatic heterocycles. The second-order valence-corrected chi connectivity index (χ2v) is 6.98. The molecule has 1 unspecified atom stereocenters. The Morgan fingerprint density at radius 3 is 2.29 bits per heavy atom. The smallest absolute Gasteiger partial charge is 0.229 e. The molecule has 1 atom stereocenters. The number of benzene rings is 3. The van der Waals surface area contributed by atoms with Crippen molar-refractivity contribution in [3.05, 3.63) is 102 Å². The summed E-state index contributed by atoms with van der Waals surface area (Å²) in [6.45, 7) is 0. The summed E-state index contributed by atoms with van der Waals surface area (Å²) in [5, 5.41) is 3.28. The average Bonchev–Trinajstić information content (AvgIpc) is 2.81. The fraction of sp³-hybridized carbons (Fsp3) is 0.0800. The summed E-state index contributed by atoms with van der Waals surface area (Å²) in [6, 6.07) is 26.7. The predicted octanol–water partition coefficient (Wildman–Crippen LogP) is 4.51. The van der Waals surface area contributed by atoms with E-state index in [1.807, 2.05) is 84.9 Å². The number of carbonyl (C=O) groups excluding carboxylic acids is 1. The molecule has 4 aromatic rings. The minimum absolute atomic E-state index is 0.385. The average molecular weight is 410 g/mol. The Balaban J connectivity index is 1.56. The van der Waals surface area contributed by atoms with Crippen LogP contribution in [0.25, 0.3) is 11.3 Å². The van der Waals surface area contributed by atoms with Crippen LogP contribution in [-0.4, -0.2) is 23.0 Å². The van der Waals surface area contributed by atoms with Crippen molar-refractivity contribution in [1.82, 2.24) is 9.97 Å². The van der Waals surface area contributed by atoms with Gasteiger partial charge in [0.2, 0.25) is 5.91 Å². The number of nitrogens with one attached hydrogen (secondary N) is 1. The SMILES string of the molecule is COc1ccccc1-c1cc(Nc2ccc(C(C(N)=O)c3ccccc3)cc2)ncn1. The van der Waals surface area contributed by atoms with Crippen LogP contribution in [-0.2, 0) is 4.79 Å². The molecule has 0 radical (unpaired) electrons. The second-order valence-electron chi connectivity index (χ2n) is 6.98. The van der Waals surface area contributed by atoms with E-state index in [9.17, 15) is 4.79 Å². The number of anilines is 2. The zero-order valence-corrected chi connectivity index (χ0v) is 17.0. The minimum Gasteiger partial charge on any atom is -0.496 e. The molecule has 0 spiro atoms. The van der Waals surface area contributed by atoms with Crippen molar-refractivity contribution >= 4 is 17.4 Å². The number of carbonyl (C=O) groups is 1. The lowest BCUT2D eigenvalue weighted by molar-refractivity contribution is -0.118. The number of rotatable bonds is 7. The van der Waals surface area contributed by atoms with Gasteiger partial charge in [0.05, 0.1) is 18.7 Å². The van der Waals surface area contributed by atoms with Crippen LogP contribution < -0.4 is 15.8 Å². The van der Waals surface area contributed by atoms with Crippen molar-refractivity contribution in [1.29, 1.82) is 0 Å². The van der Waals surface area contributed by atoms with Gasteiger partial charge < -0.3 is 15.8 Å². The van der Waals surface area contributed by atoms with Crippen molar-refractivity contribution in [3.8, 4) is 17.0 Å². The van der Waals surface area contributed by atoms with E-state index in [0.717, 1.165) is 33.8 Å². The van der Waals surface area contributed by atoms with E-state index in [4.69, 9.17) is 10.5 Å². The fourth-order valence-corrected chi connectivity index (χ4v) is 3.50. The van der Waals surface area contributed by atoms with Gasteiger partial charge in [-0.1, -0.05) is 54.6 Å². The summed E-state index contributed by atoms with van der Waals surface area (Å²) < 4.78 is 5.43. The van der Waals surface area contributed by atoms with Gasteiger partial charge in [-0.05, 0) is 35.4 Å². The highest BCUT2D eigenvalue weighted by Gasteiger charge is 2.19. The van der Waals surface area contributed by atoms with Gasteiger partial charge in [-0.15, -0.1) is 0 Å². The third-order valence-electron chi connectivity index (χ3n) is 4.98. The van der Waals surface area contributed by atoms with E-state index >= 15 is 0 Å². The lowest BCUT2D eigenvalue weighted by Gasteiger charge is -2.15. The lowest BCUT2D eigenvalue weighted by Crippen LogP contribution is -2.22. The molecule has 154 valence electrons. The van der Waals surface area contributed by atoms with Gasteiger partial charge >= 0.3 is 0 Å². The first kappa shape index (κ1) is 20.1. The summed E-state index contributed by atoms with van der Waals surface area (Å²) in [5.74, 6) is 0.517. The van der Waals surface area contributed by atoms with Gasteiger partial charge in [0.1, 0.15) is 17.9 Å². The number of hydrogen-bond acceptors (Lipinski definition) is 5. The van der Waals surface area contributed by atoms with E-state index in [1.165, 1.54) is 6.33 Å². The molecule has 4 rings (SSSR count). The largest absolute Gasteiger partial charge is 0.496 e. The number of nitrogens with zero attached hydrogens (tertiary/aromatic N) is 2. The van der Waals surface area contributed by atoms with E-state index in [2.05, 4.69) is 15.3 Å². The third-order valence-corrected chi connectivity index (χ3v) is 4.98. The van der Waals surface area contributed by atoms with Crippen LogP contribution in [0.5, 0.6) is 5.75 Å². The maximum absolute atomic E-state index is 12.1. The highest BCUT2D eigenvalue weighted by molar-refractivity contribution is 5.85. The quantitative estimate of drug-likeness (QED) is 0.468. The molecule has 1 heterocycles. The van der Waals surface area contributed by atoms with Crippen molar-refractivity contribution in [2.24, 2.45) is 5.73 Å². The van der Waals surface area contributed by atoms with Gasteiger partial charge in [0, 0.05) is 17.3 Å². The Kier molecular flexibility index (Phi) is 5.89. The second kappa shape index (κ2) is 9.09. The Morgan fingerprint density at radius 1 is 0.903 bits per heavy atom. The molecule has 0 saturated heterocycles. The van der Waals surface area contributed by atoms with Crippen LogP contribution in [0.4, 0.5) is 11.5 Å². The normalized spacial score (nSPS) is 11.5. The van der Waals surface area contributed by atoms with Crippen molar-refractivity contribution in [2.45, 2.75) is 5.92 Å². The van der Waals surface area contributed by atoms with Gasteiger partial charge in [-0.2, -0.15) is 0 Å². The maximum atomic E-state index is 12.1. The maximum Gasteiger partial charge on any atom is 0.229 e. The Labute approximate surface area is 180 Å². The first-order valence-electron chi connectivity index (χ1n) is 9.82. The molecular weight excluding hydrogens is 388 g/mol. The van der Waals surface area contributed by atoms with E-state index < -0.39 is 5.92 Å². The summed E-state index contributed by atoms with van der Waals surface area (Å²) >= 11 is 0. The number of methoxy groups -OCH3 is 1. The molecule has 0 saturated carbocycles. The van der Waals surface area contributed by atoms with Crippen LogP contribution in [0.15, 0.2) is 91.3 Å². The van der Waals surface area contributed by atoms with Gasteiger partial charge in [-0.25, -0.2) is 9.97 Å². The van der Waals surface area contributed by atoms with Gasteiger partial charge in [-0.3, -0.25) is 4.79 Å². The Hall–Kier alpha value is -4.19. The van der Waals surface area contributed by atoms with Crippen LogP contribution >= 0.6 is 0 Å². The summed E-state index contributed by atoms with van der Waals surface area (Å²) in [7, 11) is 1.63. The highest BCUT2D eigenvalue weighted by atomic mass is 16.5. The lowest BCUT2D eigenvalue weighted by atomic mass is 9.90. The van der Waals surface area contributed by atoms with Crippen LogP contribution in [0, 0.1) is 0 Å². The van der Waals surface area contributed by atoms with Gasteiger partial charge in [0.25, 0.3) is 0 Å². The molecule has 1 aromatic heterocycles. The topological polar surface area (TPSA) is 90.1 Å². The molecule has 0 fully saturated rings. The zero-order valence-electron chi connectivity index (χ0n) is 17.0. The molecule has 3 aromatic carbocycles. The van der Waals surface area contributed by atoms with Crippen molar-refractivity contribution < 1.29 is 9.53 Å². The number of hydrogen-bond donors (Lipinski definition) is 2. The molecule has 31 heavy (non-hydrogen) atoms. The number of para-hydroxylation sites is 1. The molecule has 6 heteroatoms. The van der Waals surface area contributed by atoms with Crippen LogP contribution in [0.3, 0.4) is 0 Å². The first-order valence-corrected chi connectivity index (χ1v) is 9.82. The van der Waals surface area contributed by atoms with E-state index in [-0.39, 0.29) is 5.91 Å². The molecule has 0 bridgehead atoms. The fourth-order valence-electron chi connectivity index (χ4n) is 3.50. The number of nitrogens with two attached hydrogens (primary N) is 1. The Morgan fingerprint density at radius 2 is 1.58 bits per heavy atom. The van der Waals surface area contributed by atoms with Crippen LogP contribution in [0.1, 0.15) is 17.0 Å². The zero-order chi connectivity index (χ0) is 21.6. The number of primary amides is 1. The summed E-state index contributed by atoms with van der Waals surface area (Å²) in [6.07, 6.45) is 1.51. The molecule has 1 amide bonds. The van der Waals surface area contributed by atoms with Crippen LogP contribution in [0.2, 0.25) is 0 Å². The molecule has 0 aliphatic rings. The molecule has 0 aliphatic carbocycles. The molecule has 6 nitrogen and oxygen atoms in total.